The predicted octanol–water partition coefficient (Wildman–Crippen LogP) is 0.729. The topological polar surface area (TPSA) is 135 Å². The van der Waals surface area contributed by atoms with E-state index in [2.05, 4.69) is 0 Å². The molecule has 5 atom stereocenters. The third-order valence-electron chi connectivity index (χ3n) is 5.06. The summed E-state index contributed by atoms with van der Waals surface area (Å²) in [5.74, 6) is -0.0533. The van der Waals surface area contributed by atoms with Gasteiger partial charge in [-0.25, -0.2) is 0 Å². The van der Waals surface area contributed by atoms with Crippen LogP contribution in [0.3, 0.4) is 0 Å². The van der Waals surface area contributed by atoms with Crippen LogP contribution in [0, 0.1) is 11.8 Å². The largest absolute Gasteiger partial charge is 0.772 e. The minimum Gasteiger partial charge on any atom is -0.772 e. The van der Waals surface area contributed by atoms with Crippen LogP contribution in [-0.4, -0.2) is 46.2 Å². The van der Waals surface area contributed by atoms with Crippen molar-refractivity contribution in [2.45, 2.75) is 60.7 Å². The van der Waals surface area contributed by atoms with E-state index in [0.29, 0.717) is 32.1 Å². The average Bonchev–Trinajstić information content (AvgIpc) is 2.45. The molecule has 0 aliphatic heterocycles. The van der Waals surface area contributed by atoms with E-state index in [9.17, 15) is 25.9 Å². The SMILES string of the molecule is O=S([O-])C1CCC(C2CCC(S(=O)(=O)O)CC2S(=O)[O-])CC1. The Balaban J connectivity index is 2.05. The van der Waals surface area contributed by atoms with Crippen molar-refractivity contribution in [1.29, 1.82) is 0 Å². The molecule has 22 heavy (non-hydrogen) atoms. The molecule has 0 aromatic heterocycles. The first-order valence-corrected chi connectivity index (χ1v) is 11.1. The van der Waals surface area contributed by atoms with Crippen LogP contribution in [0.1, 0.15) is 44.9 Å². The Hall–Kier alpha value is 0.130. The van der Waals surface area contributed by atoms with Crippen molar-refractivity contribution < 1.29 is 30.5 Å². The zero-order chi connectivity index (χ0) is 16.5. The molecule has 2 aliphatic rings. The van der Waals surface area contributed by atoms with E-state index >= 15 is 0 Å². The summed E-state index contributed by atoms with van der Waals surface area (Å²) in [6.07, 6.45) is 2.95. The fraction of sp³-hybridized carbons (Fsp3) is 1.00. The standard InChI is InChI=1S/C12H22O7S3/c13-20(14)9-3-1-8(2-4-9)11-6-5-10(22(17,18)19)7-12(11)21(15)16/h8-12H,1-7H2,(H,13,14)(H,15,16)(H,17,18,19)/p-2. The lowest BCUT2D eigenvalue weighted by Gasteiger charge is -2.43. The highest BCUT2D eigenvalue weighted by atomic mass is 32.2. The van der Waals surface area contributed by atoms with Gasteiger partial charge < -0.3 is 9.11 Å². The van der Waals surface area contributed by atoms with Gasteiger partial charge in [-0.05, 0) is 56.8 Å². The smallest absolute Gasteiger partial charge is 0.267 e. The van der Waals surface area contributed by atoms with Crippen molar-refractivity contribution in [3.05, 3.63) is 0 Å². The molecule has 0 radical (unpaired) electrons. The summed E-state index contributed by atoms with van der Waals surface area (Å²) >= 11 is -4.50. The lowest BCUT2D eigenvalue weighted by Crippen LogP contribution is -2.43. The highest BCUT2D eigenvalue weighted by molar-refractivity contribution is 7.86. The molecule has 1 N–H and O–H groups in total. The third-order valence-corrected chi connectivity index (χ3v) is 8.38. The number of hydrogen-bond acceptors (Lipinski definition) is 6. The molecule has 2 saturated carbocycles. The van der Waals surface area contributed by atoms with E-state index in [-0.39, 0.29) is 29.9 Å². The molecule has 0 heterocycles. The van der Waals surface area contributed by atoms with Crippen molar-refractivity contribution in [1.82, 2.24) is 0 Å². The maximum Gasteiger partial charge on any atom is 0.267 e. The first kappa shape index (κ1) is 18.5. The van der Waals surface area contributed by atoms with Crippen LogP contribution in [-0.2, 0) is 32.3 Å². The Morgan fingerprint density at radius 3 is 1.95 bits per heavy atom. The van der Waals surface area contributed by atoms with E-state index < -0.39 is 42.8 Å². The van der Waals surface area contributed by atoms with E-state index in [1.54, 1.807) is 0 Å². The molecule has 2 fully saturated rings. The normalized spacial score (nSPS) is 40.0. The van der Waals surface area contributed by atoms with E-state index in [0.717, 1.165) is 0 Å². The second-order valence-electron chi connectivity index (χ2n) is 6.21. The zero-order valence-corrected chi connectivity index (χ0v) is 14.4. The van der Waals surface area contributed by atoms with Crippen molar-refractivity contribution in [2.24, 2.45) is 11.8 Å². The molecule has 2 aliphatic carbocycles. The van der Waals surface area contributed by atoms with E-state index in [1.807, 2.05) is 0 Å². The molecule has 0 saturated heterocycles. The Labute approximate surface area is 135 Å². The third kappa shape index (κ3) is 4.35. The van der Waals surface area contributed by atoms with Gasteiger partial charge in [0.05, 0.1) is 5.25 Å². The highest BCUT2D eigenvalue weighted by Gasteiger charge is 2.41. The van der Waals surface area contributed by atoms with Gasteiger partial charge in [0.2, 0.25) is 0 Å². The summed E-state index contributed by atoms with van der Waals surface area (Å²) in [5.41, 5.74) is 0. The quantitative estimate of drug-likeness (QED) is 0.567. The molecule has 0 aromatic carbocycles. The molecule has 0 spiro atoms. The van der Waals surface area contributed by atoms with Gasteiger partial charge in [0, 0.05) is 10.5 Å². The van der Waals surface area contributed by atoms with Gasteiger partial charge in [-0.3, -0.25) is 13.0 Å². The molecule has 7 nitrogen and oxygen atoms in total. The zero-order valence-electron chi connectivity index (χ0n) is 12.0. The van der Waals surface area contributed by atoms with E-state index in [1.165, 1.54) is 0 Å². The minimum atomic E-state index is -4.22. The summed E-state index contributed by atoms with van der Waals surface area (Å²) < 4.78 is 76.5. The summed E-state index contributed by atoms with van der Waals surface area (Å²) in [6, 6.07) is 0. The Bertz CT molecular complexity index is 539. The molecule has 0 aromatic rings. The second kappa shape index (κ2) is 7.35. The molecule has 0 bridgehead atoms. The van der Waals surface area contributed by atoms with Crippen LogP contribution in [0.2, 0.25) is 0 Å². The van der Waals surface area contributed by atoms with Crippen LogP contribution in [0.25, 0.3) is 0 Å². The van der Waals surface area contributed by atoms with Gasteiger partial charge in [0.25, 0.3) is 10.1 Å². The molecule has 2 rings (SSSR count). The van der Waals surface area contributed by atoms with Crippen molar-refractivity contribution in [3.63, 3.8) is 0 Å². The van der Waals surface area contributed by atoms with Crippen LogP contribution in [0.4, 0.5) is 0 Å². The van der Waals surface area contributed by atoms with Crippen LogP contribution in [0.5, 0.6) is 0 Å². The first-order valence-electron chi connectivity index (χ1n) is 7.32. The summed E-state index contributed by atoms with van der Waals surface area (Å²) in [4.78, 5) is 0. The maximum atomic E-state index is 11.5. The molecule has 0 amide bonds. The maximum absolute atomic E-state index is 11.5. The Morgan fingerprint density at radius 1 is 0.909 bits per heavy atom. The van der Waals surface area contributed by atoms with Gasteiger partial charge in [0.1, 0.15) is 0 Å². The summed E-state index contributed by atoms with van der Waals surface area (Å²) in [5, 5.41) is -2.17. The first-order chi connectivity index (χ1) is 10.2. The van der Waals surface area contributed by atoms with Crippen LogP contribution < -0.4 is 0 Å². The minimum absolute atomic E-state index is 0.0764. The van der Waals surface area contributed by atoms with E-state index in [4.69, 9.17) is 4.55 Å². The van der Waals surface area contributed by atoms with Crippen LogP contribution >= 0.6 is 0 Å². The monoisotopic (exact) mass is 372 g/mol. The molecule has 130 valence electrons. The molecular weight excluding hydrogens is 352 g/mol. The Morgan fingerprint density at radius 2 is 1.50 bits per heavy atom. The lowest BCUT2D eigenvalue weighted by molar-refractivity contribution is 0.196. The fourth-order valence-electron chi connectivity index (χ4n) is 3.86. The van der Waals surface area contributed by atoms with Crippen molar-refractivity contribution >= 4 is 32.3 Å². The van der Waals surface area contributed by atoms with Gasteiger partial charge in [-0.15, -0.1) is 0 Å². The lowest BCUT2D eigenvalue weighted by atomic mass is 9.73. The Kier molecular flexibility index (Phi) is 6.17. The van der Waals surface area contributed by atoms with Gasteiger partial charge in [-0.2, -0.15) is 8.42 Å². The summed E-state index contributed by atoms with van der Waals surface area (Å²) in [7, 11) is -4.22. The second-order valence-corrected chi connectivity index (χ2v) is 10.2. The fourth-order valence-corrected chi connectivity index (χ4v) is 6.55. The number of hydrogen-bond donors (Lipinski definition) is 1. The molecule has 5 unspecified atom stereocenters. The van der Waals surface area contributed by atoms with Gasteiger partial charge in [-0.1, -0.05) is 22.2 Å². The molecular formula is C12H20O7S3-2. The van der Waals surface area contributed by atoms with Gasteiger partial charge >= 0.3 is 0 Å². The van der Waals surface area contributed by atoms with Gasteiger partial charge in [0.15, 0.2) is 0 Å². The average molecular weight is 372 g/mol. The highest BCUT2D eigenvalue weighted by Crippen LogP contribution is 2.42. The summed E-state index contributed by atoms with van der Waals surface area (Å²) in [6.45, 7) is 0. The molecule has 10 heteroatoms. The van der Waals surface area contributed by atoms with Crippen molar-refractivity contribution in [2.75, 3.05) is 0 Å². The van der Waals surface area contributed by atoms with Crippen LogP contribution in [0.15, 0.2) is 0 Å². The van der Waals surface area contributed by atoms with Crippen molar-refractivity contribution in [3.8, 4) is 0 Å². The number of rotatable bonds is 4. The predicted molar refractivity (Wildman–Crippen MR) is 80.1 cm³/mol.